The van der Waals surface area contributed by atoms with Gasteiger partial charge in [-0.15, -0.1) is 0 Å². The molecule has 252 valence electrons. The summed E-state index contributed by atoms with van der Waals surface area (Å²) >= 11 is 0. The quantitative estimate of drug-likeness (QED) is 0.163. The highest BCUT2D eigenvalue weighted by Gasteiger charge is 2.15. The Balaban J connectivity index is 1.08. The number of fused-ring (bicyclic) bond motifs is 6. The lowest BCUT2D eigenvalue weighted by molar-refractivity contribution is 1.07. The molecule has 0 spiro atoms. The van der Waals surface area contributed by atoms with Crippen LogP contribution in [0.4, 0.5) is 0 Å². The van der Waals surface area contributed by atoms with E-state index in [2.05, 4.69) is 149 Å². The van der Waals surface area contributed by atoms with E-state index in [1.54, 1.807) is 24.8 Å². The summed E-state index contributed by atoms with van der Waals surface area (Å²) in [5.74, 6) is 1.79. The van der Waals surface area contributed by atoms with E-state index in [0.717, 1.165) is 33.4 Å². The minimum Gasteiger partial charge on any atom is -0.265 e. The van der Waals surface area contributed by atoms with Crippen LogP contribution in [-0.2, 0) is 0 Å². The number of benzene rings is 7. The van der Waals surface area contributed by atoms with Crippen molar-refractivity contribution in [2.24, 2.45) is 0 Å². The van der Waals surface area contributed by atoms with Crippen molar-refractivity contribution in [1.29, 1.82) is 0 Å². The first-order valence-corrected chi connectivity index (χ1v) is 18.0. The lowest BCUT2D eigenvalue weighted by Crippen LogP contribution is -2.00. The summed E-state index contributed by atoms with van der Waals surface area (Å²) in [5, 5.41) is 7.56. The highest BCUT2D eigenvalue weighted by Crippen LogP contribution is 2.39. The summed E-state index contributed by atoms with van der Waals surface area (Å²) < 4.78 is 0. The molecule has 5 nitrogen and oxygen atoms in total. The molecule has 10 aromatic rings. The van der Waals surface area contributed by atoms with Crippen molar-refractivity contribution in [2.75, 3.05) is 0 Å². The van der Waals surface area contributed by atoms with Crippen LogP contribution in [0, 0.1) is 0 Å². The molecule has 0 amide bonds. The normalized spacial score (nSPS) is 11.3. The van der Waals surface area contributed by atoms with Gasteiger partial charge in [0.1, 0.15) is 0 Å². The SMILES string of the molecule is c1ccc(-c2ccc3c4ccccc4c4ccc(-c5cccc(-c6cccc(-c7nc(-c8ccncc8)nc(-c8ccncc8)n7)c6)c5)cc4c3c2)cc1. The second kappa shape index (κ2) is 13.3. The minimum absolute atomic E-state index is 0.592. The third-order valence-electron chi connectivity index (χ3n) is 10.1. The summed E-state index contributed by atoms with van der Waals surface area (Å²) in [4.78, 5) is 23.1. The van der Waals surface area contributed by atoms with Crippen LogP contribution in [0.2, 0.25) is 0 Å². The Bertz CT molecular complexity index is 2920. The molecule has 0 fully saturated rings. The summed E-state index contributed by atoms with van der Waals surface area (Å²) in [6.45, 7) is 0. The Morgan fingerprint density at radius 1 is 0.222 bits per heavy atom. The number of nitrogens with zero attached hydrogens (tertiary/aromatic N) is 5. The largest absolute Gasteiger partial charge is 0.265 e. The molecule has 0 bridgehead atoms. The Kier molecular flexibility index (Phi) is 7.73. The monoisotopic (exact) mass is 689 g/mol. The Hall–Kier alpha value is -7.37. The van der Waals surface area contributed by atoms with Crippen molar-refractivity contribution in [1.82, 2.24) is 24.9 Å². The predicted molar refractivity (Wildman–Crippen MR) is 221 cm³/mol. The molecule has 0 aliphatic carbocycles. The highest BCUT2D eigenvalue weighted by atomic mass is 15.0. The Morgan fingerprint density at radius 2 is 0.593 bits per heavy atom. The molecule has 0 unspecified atom stereocenters. The topological polar surface area (TPSA) is 64.5 Å². The van der Waals surface area contributed by atoms with Crippen molar-refractivity contribution in [3.63, 3.8) is 0 Å². The van der Waals surface area contributed by atoms with E-state index < -0.39 is 0 Å². The molecule has 54 heavy (non-hydrogen) atoms. The van der Waals surface area contributed by atoms with Crippen LogP contribution in [0.15, 0.2) is 189 Å². The zero-order valence-electron chi connectivity index (χ0n) is 29.1. The van der Waals surface area contributed by atoms with Crippen molar-refractivity contribution >= 4 is 32.3 Å². The predicted octanol–water partition coefficient (Wildman–Crippen LogP) is 12.1. The van der Waals surface area contributed by atoms with Gasteiger partial charge in [-0.2, -0.15) is 0 Å². The molecule has 0 aliphatic heterocycles. The zero-order chi connectivity index (χ0) is 35.8. The first-order valence-electron chi connectivity index (χ1n) is 18.0. The number of aromatic nitrogens is 5. The van der Waals surface area contributed by atoms with Crippen molar-refractivity contribution in [3.8, 4) is 67.5 Å². The van der Waals surface area contributed by atoms with Gasteiger partial charge in [-0.1, -0.05) is 115 Å². The van der Waals surface area contributed by atoms with Gasteiger partial charge in [0.15, 0.2) is 17.5 Å². The van der Waals surface area contributed by atoms with Crippen LogP contribution in [0.1, 0.15) is 0 Å². The second-order valence-corrected chi connectivity index (χ2v) is 13.4. The molecule has 0 atom stereocenters. The lowest BCUT2D eigenvalue weighted by atomic mass is 9.90. The number of hydrogen-bond acceptors (Lipinski definition) is 5. The molecule has 5 heteroatoms. The Morgan fingerprint density at radius 3 is 1.11 bits per heavy atom. The maximum absolute atomic E-state index is 4.93. The van der Waals surface area contributed by atoms with Crippen LogP contribution < -0.4 is 0 Å². The maximum atomic E-state index is 4.93. The van der Waals surface area contributed by atoms with Gasteiger partial charge in [-0.3, -0.25) is 9.97 Å². The third kappa shape index (κ3) is 5.74. The van der Waals surface area contributed by atoms with Gasteiger partial charge in [-0.25, -0.2) is 15.0 Å². The summed E-state index contributed by atoms with van der Waals surface area (Å²) in [5.41, 5.74) is 9.60. The standard InChI is InChI=1S/C49H31N5/c1-2-8-32(9-3-1)38-16-18-43-41-14-4-5-15-42(41)44-19-17-39(31-46(44)45(43)30-38)36-11-6-10-35(28-36)37-12-7-13-40(29-37)49-53-47(33-20-24-50-25-21-33)52-48(54-49)34-22-26-51-27-23-34/h1-31H. The van der Waals surface area contributed by atoms with Gasteiger partial charge in [0.25, 0.3) is 0 Å². The fraction of sp³-hybridized carbons (Fsp3) is 0. The highest BCUT2D eigenvalue weighted by molar-refractivity contribution is 6.26. The lowest BCUT2D eigenvalue weighted by Gasteiger charge is -2.14. The molecule has 3 aromatic heterocycles. The van der Waals surface area contributed by atoms with E-state index >= 15 is 0 Å². The van der Waals surface area contributed by atoms with Gasteiger partial charge < -0.3 is 0 Å². The van der Waals surface area contributed by atoms with Gasteiger partial charge >= 0.3 is 0 Å². The van der Waals surface area contributed by atoms with Gasteiger partial charge in [-0.05, 0) is 114 Å². The molecule has 3 heterocycles. The molecular formula is C49H31N5. The van der Waals surface area contributed by atoms with E-state index in [0.29, 0.717) is 17.5 Å². The summed E-state index contributed by atoms with van der Waals surface area (Å²) in [6.07, 6.45) is 7.00. The van der Waals surface area contributed by atoms with Gasteiger partial charge in [0, 0.05) is 41.5 Å². The molecular weight excluding hydrogens is 659 g/mol. The van der Waals surface area contributed by atoms with E-state index in [1.807, 2.05) is 24.3 Å². The van der Waals surface area contributed by atoms with Crippen LogP contribution in [-0.4, -0.2) is 24.9 Å². The molecule has 10 rings (SSSR count). The average Bonchev–Trinajstić information content (AvgIpc) is 3.27. The fourth-order valence-electron chi connectivity index (χ4n) is 7.43. The number of hydrogen-bond donors (Lipinski definition) is 0. The molecule has 7 aromatic carbocycles. The van der Waals surface area contributed by atoms with Crippen molar-refractivity contribution < 1.29 is 0 Å². The molecule has 0 radical (unpaired) electrons. The van der Waals surface area contributed by atoms with E-state index in [-0.39, 0.29) is 0 Å². The molecule has 0 N–H and O–H groups in total. The average molecular weight is 690 g/mol. The summed E-state index contributed by atoms with van der Waals surface area (Å²) in [7, 11) is 0. The van der Waals surface area contributed by atoms with Gasteiger partial charge in [0.2, 0.25) is 0 Å². The van der Waals surface area contributed by atoms with E-state index in [1.165, 1.54) is 49.0 Å². The Labute approximate surface area is 312 Å². The van der Waals surface area contributed by atoms with Crippen molar-refractivity contribution in [2.45, 2.75) is 0 Å². The van der Waals surface area contributed by atoms with Crippen LogP contribution in [0.3, 0.4) is 0 Å². The minimum atomic E-state index is 0.592. The fourth-order valence-corrected chi connectivity index (χ4v) is 7.43. The third-order valence-corrected chi connectivity index (χ3v) is 10.1. The zero-order valence-corrected chi connectivity index (χ0v) is 29.1. The molecule has 0 aliphatic rings. The van der Waals surface area contributed by atoms with Crippen LogP contribution in [0.25, 0.3) is 99.9 Å². The molecule has 0 saturated carbocycles. The van der Waals surface area contributed by atoms with Gasteiger partial charge in [0.05, 0.1) is 0 Å². The van der Waals surface area contributed by atoms with E-state index in [4.69, 9.17) is 15.0 Å². The number of rotatable bonds is 6. The second-order valence-electron chi connectivity index (χ2n) is 13.4. The number of pyridine rings is 2. The smallest absolute Gasteiger partial charge is 0.164 e. The van der Waals surface area contributed by atoms with Crippen LogP contribution in [0.5, 0.6) is 0 Å². The molecule has 0 saturated heterocycles. The first-order chi connectivity index (χ1) is 26.7. The van der Waals surface area contributed by atoms with Crippen LogP contribution >= 0.6 is 0 Å². The summed E-state index contributed by atoms with van der Waals surface area (Å²) in [6, 6.07) is 58.0. The van der Waals surface area contributed by atoms with Crippen molar-refractivity contribution in [3.05, 3.63) is 189 Å². The first kappa shape index (κ1) is 31.4. The van der Waals surface area contributed by atoms with E-state index in [9.17, 15) is 0 Å². The maximum Gasteiger partial charge on any atom is 0.164 e.